The van der Waals surface area contributed by atoms with Gasteiger partial charge in [-0.15, -0.1) is 14.1 Å². The van der Waals surface area contributed by atoms with Gasteiger partial charge in [0.15, 0.2) is 0 Å². The maximum atomic E-state index is 10.1. The molecule has 5 nitrogen and oxygen atoms in total. The molecule has 0 spiro atoms. The van der Waals surface area contributed by atoms with Crippen molar-refractivity contribution in [3.05, 3.63) is 42.5 Å². The third-order valence-electron chi connectivity index (χ3n) is 3.46. The molecule has 1 N–H and O–H groups in total. The van der Waals surface area contributed by atoms with Crippen LogP contribution < -0.4 is 4.74 Å². The first kappa shape index (κ1) is 11.3. The first-order valence-electron chi connectivity index (χ1n) is 6.76. The molecule has 0 amide bonds. The van der Waals surface area contributed by atoms with Crippen molar-refractivity contribution in [3.63, 3.8) is 0 Å². The van der Waals surface area contributed by atoms with Gasteiger partial charge in [0.2, 0.25) is 0 Å². The second kappa shape index (κ2) is 3.96. The Morgan fingerprint density at radius 3 is 2.40 bits per heavy atom. The fourth-order valence-electron chi connectivity index (χ4n) is 2.47. The number of nitrogens with zero attached hydrogens (tertiary/aromatic N) is 3. The molecule has 0 saturated heterocycles. The fraction of sp³-hybridized carbons (Fsp3) is 0.200. The van der Waals surface area contributed by atoms with E-state index >= 15 is 0 Å². The zero-order valence-electron chi connectivity index (χ0n) is 11.2. The summed E-state index contributed by atoms with van der Waals surface area (Å²) >= 11 is 0. The second-order valence-corrected chi connectivity index (χ2v) is 4.86. The number of para-hydroxylation sites is 2. The summed E-state index contributed by atoms with van der Waals surface area (Å²) in [6.45, 7) is 2.75. The van der Waals surface area contributed by atoms with Crippen LogP contribution in [0.1, 0.15) is 13.3 Å². The van der Waals surface area contributed by atoms with Crippen molar-refractivity contribution in [1.29, 1.82) is 0 Å². The quantitative estimate of drug-likeness (QED) is 0.619. The molecule has 0 atom stereocenters. The van der Waals surface area contributed by atoms with Crippen LogP contribution >= 0.6 is 0 Å². The number of hydrogen-bond acceptors (Lipinski definition) is 2. The summed E-state index contributed by atoms with van der Waals surface area (Å²) in [6, 6.07) is 13.5. The van der Waals surface area contributed by atoms with Crippen molar-refractivity contribution in [2.45, 2.75) is 13.3 Å². The molecule has 0 radical (unpaired) electrons. The Morgan fingerprint density at radius 2 is 1.75 bits per heavy atom. The van der Waals surface area contributed by atoms with E-state index in [4.69, 9.17) is 4.74 Å². The number of phenolic OH excluding ortho intramolecular Hbond substituents is 1. The van der Waals surface area contributed by atoms with Crippen molar-refractivity contribution in [2.75, 3.05) is 6.61 Å². The van der Waals surface area contributed by atoms with Gasteiger partial charge >= 0.3 is 0 Å². The first-order chi connectivity index (χ1) is 9.81. The van der Waals surface area contributed by atoms with Gasteiger partial charge in [-0.3, -0.25) is 0 Å². The lowest BCUT2D eigenvalue weighted by atomic mass is 10.3. The minimum atomic E-state index is 0.245. The number of rotatable bonds is 4. The van der Waals surface area contributed by atoms with Gasteiger partial charge in [-0.05, 0) is 30.7 Å². The molecule has 0 aliphatic heterocycles. The van der Waals surface area contributed by atoms with Crippen LogP contribution in [0.5, 0.6) is 11.5 Å². The van der Waals surface area contributed by atoms with Crippen LogP contribution in [0, 0.1) is 0 Å². The van der Waals surface area contributed by atoms with Crippen LogP contribution in [0.2, 0.25) is 0 Å². The number of fused-ring (bicyclic) bond motifs is 4. The molecule has 2 aromatic carbocycles. The molecule has 4 aromatic rings. The number of benzene rings is 2. The average molecular weight is 269 g/mol. The molecule has 0 aliphatic rings. The summed E-state index contributed by atoms with van der Waals surface area (Å²) in [5.74, 6) is 1.02. The van der Waals surface area contributed by atoms with E-state index in [1.54, 1.807) is 12.1 Å². The maximum Gasteiger partial charge on any atom is 0.143 e. The number of phenols is 1. The molecular weight excluding hydrogens is 254 g/mol. The molecule has 2 heterocycles. The van der Waals surface area contributed by atoms with Crippen molar-refractivity contribution < 1.29 is 9.84 Å². The van der Waals surface area contributed by atoms with Gasteiger partial charge in [-0.2, -0.15) is 0 Å². The van der Waals surface area contributed by atoms with Crippen LogP contribution in [0.25, 0.3) is 16.7 Å². The van der Waals surface area contributed by atoms with Gasteiger partial charge in [0.25, 0.3) is 0 Å². The fourth-order valence-corrected chi connectivity index (χ4v) is 2.47. The van der Waals surface area contributed by atoms with E-state index in [1.807, 2.05) is 32.3 Å². The topological polar surface area (TPSA) is 43.2 Å². The molecule has 0 unspecified atom stereocenters. The Morgan fingerprint density at radius 1 is 1.05 bits per heavy atom. The molecule has 0 aliphatic carbocycles. The van der Waals surface area contributed by atoms with Crippen LogP contribution in [-0.4, -0.2) is 25.8 Å². The Kier molecular flexibility index (Phi) is 2.24. The normalized spacial score (nSPS) is 11.8. The third kappa shape index (κ3) is 1.43. The van der Waals surface area contributed by atoms with Gasteiger partial charge < -0.3 is 9.84 Å². The molecule has 5 heteroatoms. The standard InChI is InChI=1S/C15H15N3O2/c1-2-9-20-11-7-8-15(19)14(10-11)18-16-12-5-3-4-6-13(12)17(16)18/h3-8,10,19H,2,9H2,1H3. The lowest BCUT2D eigenvalue weighted by Crippen LogP contribution is -1.96. The average Bonchev–Trinajstić information content (AvgIpc) is 3.12. The Bertz CT molecular complexity index is 826. The highest BCUT2D eigenvalue weighted by Crippen LogP contribution is 2.32. The lowest BCUT2D eigenvalue weighted by molar-refractivity contribution is 0.316. The first-order valence-corrected chi connectivity index (χ1v) is 6.76. The van der Waals surface area contributed by atoms with Crippen LogP contribution in [-0.2, 0) is 0 Å². The molecular formula is C15H15N3O2. The monoisotopic (exact) mass is 269 g/mol. The number of hydrogen-bond donors (Lipinski definition) is 1. The number of aromatic hydroxyl groups is 1. The van der Waals surface area contributed by atoms with Crippen molar-refractivity contribution in [3.8, 4) is 17.2 Å². The van der Waals surface area contributed by atoms with Gasteiger partial charge in [0, 0.05) is 6.07 Å². The molecule has 4 rings (SSSR count). The zero-order valence-corrected chi connectivity index (χ0v) is 11.2. The van der Waals surface area contributed by atoms with E-state index in [1.165, 1.54) is 0 Å². The number of ether oxygens (including phenoxy) is 1. The van der Waals surface area contributed by atoms with Crippen LogP contribution in [0.4, 0.5) is 0 Å². The molecule has 2 aromatic heterocycles. The van der Waals surface area contributed by atoms with E-state index < -0.39 is 0 Å². The summed E-state index contributed by atoms with van der Waals surface area (Å²) in [4.78, 5) is 1.93. The van der Waals surface area contributed by atoms with Gasteiger partial charge in [0.1, 0.15) is 28.2 Å². The number of aromatic nitrogens is 3. The molecule has 102 valence electrons. The minimum Gasteiger partial charge on any atom is -0.506 e. The summed E-state index contributed by atoms with van der Waals surface area (Å²) in [6.07, 6.45) is 0.962. The SMILES string of the molecule is CCCOc1ccc(O)c(-n2n3c4ccccc4n23)c1. The largest absolute Gasteiger partial charge is 0.506 e. The van der Waals surface area contributed by atoms with Crippen LogP contribution in [0.3, 0.4) is 0 Å². The van der Waals surface area contributed by atoms with E-state index in [-0.39, 0.29) is 5.75 Å². The van der Waals surface area contributed by atoms with Gasteiger partial charge in [0.05, 0.1) is 6.61 Å². The second-order valence-electron chi connectivity index (χ2n) is 4.86. The van der Waals surface area contributed by atoms with Crippen molar-refractivity contribution in [1.82, 2.24) is 14.1 Å². The highest BCUT2D eigenvalue weighted by Gasteiger charge is 2.25. The molecule has 0 saturated carbocycles. The minimum absolute atomic E-state index is 0.245. The van der Waals surface area contributed by atoms with E-state index in [0.29, 0.717) is 6.61 Å². The highest BCUT2D eigenvalue weighted by atomic mass is 16.5. The molecule has 20 heavy (non-hydrogen) atoms. The lowest BCUT2D eigenvalue weighted by Gasteiger charge is -2.06. The Hall–Kier alpha value is -2.56. The summed E-state index contributed by atoms with van der Waals surface area (Å²) in [7, 11) is 0. The smallest absolute Gasteiger partial charge is 0.143 e. The van der Waals surface area contributed by atoms with E-state index in [0.717, 1.165) is 28.9 Å². The molecule has 0 fully saturated rings. The highest BCUT2D eigenvalue weighted by molar-refractivity contribution is 5.79. The summed E-state index contributed by atoms with van der Waals surface area (Å²) in [5.41, 5.74) is 3.02. The van der Waals surface area contributed by atoms with Gasteiger partial charge in [-0.1, -0.05) is 19.1 Å². The zero-order chi connectivity index (χ0) is 13.7. The predicted octanol–water partition coefficient (Wildman–Crippen LogP) is 2.91. The van der Waals surface area contributed by atoms with Gasteiger partial charge in [-0.25, -0.2) is 0 Å². The maximum absolute atomic E-state index is 10.1. The van der Waals surface area contributed by atoms with Crippen molar-refractivity contribution in [2.24, 2.45) is 0 Å². The predicted molar refractivity (Wildman–Crippen MR) is 76.3 cm³/mol. The van der Waals surface area contributed by atoms with Crippen LogP contribution in [0.15, 0.2) is 42.5 Å². The van der Waals surface area contributed by atoms with E-state index in [9.17, 15) is 5.11 Å². The summed E-state index contributed by atoms with van der Waals surface area (Å²) in [5, 5.41) is 10.1. The third-order valence-corrected chi connectivity index (χ3v) is 3.46. The Balaban J connectivity index is 1.79. The summed E-state index contributed by atoms with van der Waals surface area (Å²) < 4.78 is 9.64. The van der Waals surface area contributed by atoms with E-state index in [2.05, 4.69) is 19.1 Å². The van der Waals surface area contributed by atoms with Crippen molar-refractivity contribution >= 4 is 11.0 Å². The Labute approximate surface area is 115 Å². The molecule has 0 bridgehead atoms.